The summed E-state index contributed by atoms with van der Waals surface area (Å²) in [7, 11) is 3.41. The molecule has 0 spiro atoms. The molecule has 3 aliphatic rings. The van der Waals surface area contributed by atoms with Crippen molar-refractivity contribution in [2.24, 2.45) is 5.92 Å². The Labute approximate surface area is 207 Å². The number of morpholine rings is 1. The lowest BCUT2D eigenvalue weighted by atomic mass is 9.83. The molecular weight excluding hydrogens is 444 g/mol. The molecule has 1 N–H and O–H groups in total. The molecule has 2 aromatic rings. The lowest BCUT2D eigenvalue weighted by molar-refractivity contribution is -0.125. The van der Waals surface area contributed by atoms with Gasteiger partial charge < -0.3 is 29.3 Å². The number of benzene rings is 2. The highest BCUT2D eigenvalue weighted by molar-refractivity contribution is 5.82. The molecule has 2 saturated heterocycles. The van der Waals surface area contributed by atoms with E-state index in [1.165, 1.54) is 11.3 Å². The summed E-state index contributed by atoms with van der Waals surface area (Å²) in [4.78, 5) is 20.7. The Bertz CT molecular complexity index is 1030. The predicted molar refractivity (Wildman–Crippen MR) is 137 cm³/mol. The molecule has 3 aliphatic heterocycles. The van der Waals surface area contributed by atoms with Crippen LogP contribution in [0.5, 0.6) is 11.5 Å². The van der Waals surface area contributed by atoms with Gasteiger partial charge in [-0.05, 0) is 30.2 Å². The first kappa shape index (κ1) is 23.8. The Morgan fingerprint density at radius 1 is 1.03 bits per heavy atom. The fraction of sp³-hybridized carbons (Fsp3) is 0.519. The van der Waals surface area contributed by atoms with Gasteiger partial charge in [-0.25, -0.2) is 0 Å². The summed E-state index contributed by atoms with van der Waals surface area (Å²) >= 11 is 0. The van der Waals surface area contributed by atoms with E-state index in [2.05, 4.69) is 38.2 Å². The van der Waals surface area contributed by atoms with Crippen molar-refractivity contribution >= 4 is 17.3 Å². The lowest BCUT2D eigenvalue weighted by Crippen LogP contribution is -2.61. The third-order valence-corrected chi connectivity index (χ3v) is 7.52. The van der Waals surface area contributed by atoms with Crippen LogP contribution in [0.1, 0.15) is 5.56 Å². The first-order chi connectivity index (χ1) is 17.2. The van der Waals surface area contributed by atoms with Gasteiger partial charge in [-0.1, -0.05) is 18.2 Å². The number of anilines is 2. The van der Waals surface area contributed by atoms with Gasteiger partial charge in [-0.15, -0.1) is 0 Å². The number of ether oxygens (including phenoxy) is 3. The van der Waals surface area contributed by atoms with Gasteiger partial charge in [0.2, 0.25) is 5.91 Å². The minimum absolute atomic E-state index is 0.0663. The van der Waals surface area contributed by atoms with Gasteiger partial charge in [0.05, 0.1) is 45.1 Å². The molecule has 0 aromatic heterocycles. The number of amides is 1. The largest absolute Gasteiger partial charge is 0.497 e. The van der Waals surface area contributed by atoms with Gasteiger partial charge >= 0.3 is 0 Å². The van der Waals surface area contributed by atoms with Gasteiger partial charge in [-0.3, -0.25) is 9.69 Å². The van der Waals surface area contributed by atoms with Gasteiger partial charge in [0.15, 0.2) is 0 Å². The molecule has 0 bridgehead atoms. The van der Waals surface area contributed by atoms with Crippen molar-refractivity contribution in [3.05, 3.63) is 48.0 Å². The van der Waals surface area contributed by atoms with Crippen LogP contribution in [0.15, 0.2) is 42.5 Å². The molecule has 2 atom stereocenters. The van der Waals surface area contributed by atoms with E-state index in [-0.39, 0.29) is 17.9 Å². The molecule has 2 fully saturated rings. The van der Waals surface area contributed by atoms with Crippen molar-refractivity contribution in [1.29, 1.82) is 0 Å². The van der Waals surface area contributed by atoms with E-state index in [9.17, 15) is 4.79 Å². The Hall–Kier alpha value is -2.97. The van der Waals surface area contributed by atoms with E-state index in [4.69, 9.17) is 14.2 Å². The zero-order valence-electron chi connectivity index (χ0n) is 20.7. The second-order valence-corrected chi connectivity index (χ2v) is 9.43. The number of nitrogens with zero attached hydrogens (tertiary/aromatic N) is 3. The highest BCUT2D eigenvalue weighted by Crippen LogP contribution is 2.40. The van der Waals surface area contributed by atoms with Crippen LogP contribution in [-0.4, -0.2) is 90.1 Å². The Morgan fingerprint density at radius 2 is 1.86 bits per heavy atom. The Balaban J connectivity index is 1.36. The second kappa shape index (κ2) is 10.7. The van der Waals surface area contributed by atoms with E-state index in [0.29, 0.717) is 6.54 Å². The number of carbonyl (C=O) groups excluding carboxylic acids is 1. The van der Waals surface area contributed by atoms with E-state index >= 15 is 0 Å². The average Bonchev–Trinajstić information content (AvgIpc) is 2.92. The van der Waals surface area contributed by atoms with Gasteiger partial charge in [0.25, 0.3) is 0 Å². The number of para-hydroxylation sites is 2. The number of carbonyl (C=O) groups is 1. The van der Waals surface area contributed by atoms with E-state index in [0.717, 1.165) is 76.1 Å². The number of methoxy groups -OCH3 is 2. The molecule has 1 amide bonds. The number of fused-ring (bicyclic) bond motifs is 3. The van der Waals surface area contributed by atoms with Crippen LogP contribution in [0.3, 0.4) is 0 Å². The minimum atomic E-state index is -0.127. The Morgan fingerprint density at radius 3 is 2.66 bits per heavy atom. The van der Waals surface area contributed by atoms with Crippen molar-refractivity contribution < 1.29 is 19.0 Å². The molecule has 3 heterocycles. The number of nitrogens with one attached hydrogen (secondary N) is 1. The summed E-state index contributed by atoms with van der Waals surface area (Å²) in [5, 5.41) is 3.25. The van der Waals surface area contributed by atoms with E-state index in [1.54, 1.807) is 14.2 Å². The van der Waals surface area contributed by atoms with Crippen molar-refractivity contribution in [3.8, 4) is 11.5 Å². The predicted octanol–water partition coefficient (Wildman–Crippen LogP) is 2.02. The van der Waals surface area contributed by atoms with Crippen molar-refractivity contribution in [2.45, 2.75) is 12.5 Å². The molecule has 35 heavy (non-hydrogen) atoms. The van der Waals surface area contributed by atoms with Crippen LogP contribution >= 0.6 is 0 Å². The highest BCUT2D eigenvalue weighted by atomic mass is 16.5. The fourth-order valence-corrected chi connectivity index (χ4v) is 5.61. The molecule has 188 valence electrons. The number of piperazine rings is 1. The summed E-state index contributed by atoms with van der Waals surface area (Å²) in [6.45, 7) is 7.37. The van der Waals surface area contributed by atoms with Crippen molar-refractivity contribution in [3.63, 3.8) is 0 Å². The molecule has 2 aromatic carbocycles. The summed E-state index contributed by atoms with van der Waals surface area (Å²) < 4.78 is 16.6. The maximum atomic E-state index is 13.5. The maximum absolute atomic E-state index is 13.5. The monoisotopic (exact) mass is 480 g/mol. The second-order valence-electron chi connectivity index (χ2n) is 9.43. The SMILES string of the molecule is COc1ccc2c(c1)N1CCN(c3ccccc3OC)C[C@@H]1[C@@H](C(=O)NCCN1CCOCC1)C2. The minimum Gasteiger partial charge on any atom is -0.497 e. The maximum Gasteiger partial charge on any atom is 0.225 e. The quantitative estimate of drug-likeness (QED) is 0.651. The van der Waals surface area contributed by atoms with Crippen LogP contribution in [0.2, 0.25) is 0 Å². The summed E-state index contributed by atoms with van der Waals surface area (Å²) in [5.41, 5.74) is 3.48. The molecule has 8 heteroatoms. The Kier molecular flexibility index (Phi) is 7.29. The van der Waals surface area contributed by atoms with Crippen molar-refractivity contribution in [1.82, 2.24) is 10.2 Å². The molecule has 0 radical (unpaired) electrons. The van der Waals surface area contributed by atoms with Crippen LogP contribution < -0.4 is 24.6 Å². The third kappa shape index (κ3) is 5.04. The molecular formula is C27H36N4O4. The van der Waals surface area contributed by atoms with Crippen molar-refractivity contribution in [2.75, 3.05) is 83.0 Å². The number of rotatable bonds is 7. The first-order valence-corrected chi connectivity index (χ1v) is 12.6. The van der Waals surface area contributed by atoms with Gasteiger partial charge in [0.1, 0.15) is 11.5 Å². The lowest BCUT2D eigenvalue weighted by Gasteiger charge is -2.49. The molecule has 5 rings (SSSR count). The van der Waals surface area contributed by atoms with Crippen LogP contribution in [0.25, 0.3) is 0 Å². The van der Waals surface area contributed by atoms with Gasteiger partial charge in [-0.2, -0.15) is 0 Å². The standard InChI is InChI=1S/C27H36N4O4/c1-33-21-8-7-20-17-22(27(32)28-9-10-29-13-15-35-16-14-29)25-19-30(11-12-31(25)24(20)18-21)23-5-3-4-6-26(23)34-2/h3-8,18,22,25H,9-17,19H2,1-2H3,(H,28,32)/t22-,25+/m0/s1. The smallest absolute Gasteiger partial charge is 0.225 e. The molecule has 8 nitrogen and oxygen atoms in total. The van der Waals surface area contributed by atoms with Crippen LogP contribution in [0.4, 0.5) is 11.4 Å². The van der Waals surface area contributed by atoms with Crippen LogP contribution in [-0.2, 0) is 16.0 Å². The van der Waals surface area contributed by atoms with E-state index in [1.807, 2.05) is 24.3 Å². The highest BCUT2D eigenvalue weighted by Gasteiger charge is 2.42. The zero-order chi connectivity index (χ0) is 24.2. The summed E-state index contributed by atoms with van der Waals surface area (Å²) in [5.74, 6) is 1.73. The number of hydrogen-bond acceptors (Lipinski definition) is 7. The average molecular weight is 481 g/mol. The molecule has 0 aliphatic carbocycles. The first-order valence-electron chi connectivity index (χ1n) is 12.6. The summed E-state index contributed by atoms with van der Waals surface area (Å²) in [6, 6.07) is 14.4. The molecule has 0 unspecified atom stereocenters. The van der Waals surface area contributed by atoms with Crippen LogP contribution in [0, 0.1) is 5.92 Å². The summed E-state index contributed by atoms with van der Waals surface area (Å²) in [6.07, 6.45) is 0.726. The van der Waals surface area contributed by atoms with Gasteiger partial charge in [0, 0.05) is 57.6 Å². The van der Waals surface area contributed by atoms with E-state index < -0.39 is 0 Å². The molecule has 0 saturated carbocycles. The zero-order valence-corrected chi connectivity index (χ0v) is 20.7. The fourth-order valence-electron chi connectivity index (χ4n) is 5.61. The third-order valence-electron chi connectivity index (χ3n) is 7.52. The number of hydrogen-bond donors (Lipinski definition) is 1. The topological polar surface area (TPSA) is 66.5 Å². The normalized spacial score (nSPS) is 22.2.